The molecule has 0 aliphatic rings. The van der Waals surface area contributed by atoms with Crippen molar-refractivity contribution in [1.82, 2.24) is 5.32 Å². The molecule has 3 rings (SSSR count). The van der Waals surface area contributed by atoms with E-state index in [0.717, 1.165) is 5.56 Å². The van der Waals surface area contributed by atoms with E-state index in [1.54, 1.807) is 0 Å². The zero-order valence-corrected chi connectivity index (χ0v) is 14.5. The molecule has 0 saturated carbocycles. The second-order valence-corrected chi connectivity index (χ2v) is 6.36. The fourth-order valence-electron chi connectivity index (χ4n) is 2.86. The average Bonchev–Trinajstić information content (AvgIpc) is 2.68. The predicted octanol–water partition coefficient (Wildman–Crippen LogP) is 4.82. The molecule has 0 aromatic heterocycles. The molecule has 2 heteroatoms. The second kappa shape index (κ2) is 8.29. The van der Waals surface area contributed by atoms with E-state index in [0.29, 0.717) is 18.9 Å². The summed E-state index contributed by atoms with van der Waals surface area (Å²) in [6.07, 6.45) is 0.413. The highest BCUT2D eigenvalue weighted by Crippen LogP contribution is 2.19. The number of rotatable bonds is 6. The molecule has 0 spiro atoms. The van der Waals surface area contributed by atoms with Crippen LogP contribution in [0.1, 0.15) is 24.0 Å². The van der Waals surface area contributed by atoms with Gasteiger partial charge in [0.1, 0.15) is 0 Å². The third kappa shape index (κ3) is 4.80. The fourth-order valence-corrected chi connectivity index (χ4v) is 2.86. The molecule has 0 heterocycles. The lowest BCUT2D eigenvalue weighted by Gasteiger charge is -2.13. The first-order valence-corrected chi connectivity index (χ1v) is 8.68. The zero-order valence-electron chi connectivity index (χ0n) is 14.5. The highest BCUT2D eigenvalue weighted by atomic mass is 16.1. The summed E-state index contributed by atoms with van der Waals surface area (Å²) in [4.78, 5) is 12.2. The fraction of sp³-hybridized carbons (Fsp3) is 0.174. The van der Waals surface area contributed by atoms with Crippen LogP contribution in [0.5, 0.6) is 0 Å². The number of hydrogen-bond donors (Lipinski definition) is 1. The molecule has 25 heavy (non-hydrogen) atoms. The van der Waals surface area contributed by atoms with E-state index < -0.39 is 0 Å². The van der Waals surface area contributed by atoms with Crippen molar-refractivity contribution in [1.29, 1.82) is 0 Å². The standard InChI is InChI=1S/C23H23NO/c1-18(20-8-4-2-5-9-20)17-24-23(25)16-19-12-14-22(15-13-19)21-10-6-3-7-11-21/h2-15,18H,16-17H2,1H3,(H,24,25). The number of benzene rings is 3. The van der Waals surface area contributed by atoms with Gasteiger partial charge in [0.05, 0.1) is 6.42 Å². The molecular formula is C23H23NO. The summed E-state index contributed by atoms with van der Waals surface area (Å²) in [5.74, 6) is 0.376. The minimum absolute atomic E-state index is 0.0650. The van der Waals surface area contributed by atoms with Crippen molar-refractivity contribution in [2.24, 2.45) is 0 Å². The Labute approximate surface area is 149 Å². The maximum atomic E-state index is 12.2. The van der Waals surface area contributed by atoms with Crippen LogP contribution >= 0.6 is 0 Å². The summed E-state index contributed by atoms with van der Waals surface area (Å²) in [5, 5.41) is 3.04. The summed E-state index contributed by atoms with van der Waals surface area (Å²) in [7, 11) is 0. The molecule has 126 valence electrons. The average molecular weight is 329 g/mol. The normalized spacial score (nSPS) is 11.7. The van der Waals surface area contributed by atoms with Crippen molar-refractivity contribution >= 4 is 5.91 Å². The SMILES string of the molecule is CC(CNC(=O)Cc1ccc(-c2ccccc2)cc1)c1ccccc1. The summed E-state index contributed by atoms with van der Waals surface area (Å²) in [6, 6.07) is 28.7. The molecule has 2 nitrogen and oxygen atoms in total. The molecule has 3 aromatic rings. The minimum Gasteiger partial charge on any atom is -0.355 e. The van der Waals surface area contributed by atoms with Gasteiger partial charge >= 0.3 is 0 Å². The maximum absolute atomic E-state index is 12.2. The number of hydrogen-bond acceptors (Lipinski definition) is 1. The van der Waals surface area contributed by atoms with Crippen molar-refractivity contribution in [3.05, 3.63) is 96.1 Å². The van der Waals surface area contributed by atoms with Gasteiger partial charge in [-0.15, -0.1) is 0 Å². The Morgan fingerprint density at radius 2 is 1.36 bits per heavy atom. The van der Waals surface area contributed by atoms with Gasteiger partial charge in [0.25, 0.3) is 0 Å². The monoisotopic (exact) mass is 329 g/mol. The van der Waals surface area contributed by atoms with Crippen LogP contribution in [0.15, 0.2) is 84.9 Å². The van der Waals surface area contributed by atoms with Crippen molar-refractivity contribution in [2.45, 2.75) is 19.3 Å². The molecule has 1 unspecified atom stereocenters. The molecular weight excluding hydrogens is 306 g/mol. The van der Waals surface area contributed by atoms with E-state index in [9.17, 15) is 4.79 Å². The lowest BCUT2D eigenvalue weighted by molar-refractivity contribution is -0.120. The van der Waals surface area contributed by atoms with Crippen LogP contribution in [0.2, 0.25) is 0 Å². The van der Waals surface area contributed by atoms with Gasteiger partial charge in [-0.05, 0) is 28.2 Å². The van der Waals surface area contributed by atoms with Crippen LogP contribution in [0, 0.1) is 0 Å². The Morgan fingerprint density at radius 3 is 2.00 bits per heavy atom. The van der Waals surface area contributed by atoms with Gasteiger partial charge < -0.3 is 5.32 Å². The lowest BCUT2D eigenvalue weighted by atomic mass is 10.0. The summed E-state index contributed by atoms with van der Waals surface area (Å²) < 4.78 is 0. The van der Waals surface area contributed by atoms with Gasteiger partial charge in [-0.25, -0.2) is 0 Å². The summed E-state index contributed by atoms with van der Waals surface area (Å²) >= 11 is 0. The zero-order chi connectivity index (χ0) is 17.5. The predicted molar refractivity (Wildman–Crippen MR) is 103 cm³/mol. The van der Waals surface area contributed by atoms with E-state index in [1.807, 2.05) is 48.5 Å². The number of amides is 1. The molecule has 0 aliphatic heterocycles. The molecule has 0 saturated heterocycles. The van der Waals surface area contributed by atoms with Crippen molar-refractivity contribution in [3.8, 4) is 11.1 Å². The number of carbonyl (C=O) groups is 1. The van der Waals surface area contributed by atoms with Gasteiger partial charge in [-0.2, -0.15) is 0 Å². The molecule has 0 radical (unpaired) electrons. The van der Waals surface area contributed by atoms with Crippen LogP contribution in [0.3, 0.4) is 0 Å². The number of carbonyl (C=O) groups excluding carboxylic acids is 1. The molecule has 1 N–H and O–H groups in total. The van der Waals surface area contributed by atoms with Gasteiger partial charge in [-0.1, -0.05) is 91.9 Å². The largest absolute Gasteiger partial charge is 0.355 e. The van der Waals surface area contributed by atoms with E-state index >= 15 is 0 Å². The molecule has 0 fully saturated rings. The Morgan fingerprint density at radius 1 is 0.800 bits per heavy atom. The molecule has 0 bridgehead atoms. The second-order valence-electron chi connectivity index (χ2n) is 6.36. The maximum Gasteiger partial charge on any atom is 0.224 e. The Balaban J connectivity index is 1.53. The van der Waals surface area contributed by atoms with Crippen LogP contribution in [-0.4, -0.2) is 12.5 Å². The van der Waals surface area contributed by atoms with Crippen molar-refractivity contribution < 1.29 is 4.79 Å². The summed E-state index contributed by atoms with van der Waals surface area (Å²) in [6.45, 7) is 2.79. The smallest absolute Gasteiger partial charge is 0.224 e. The van der Waals surface area contributed by atoms with Crippen molar-refractivity contribution in [2.75, 3.05) is 6.54 Å². The third-order valence-electron chi connectivity index (χ3n) is 4.40. The van der Waals surface area contributed by atoms with Crippen LogP contribution in [-0.2, 0) is 11.2 Å². The number of nitrogens with one attached hydrogen (secondary N) is 1. The van der Waals surface area contributed by atoms with Crippen LogP contribution in [0.4, 0.5) is 0 Å². The molecule has 1 amide bonds. The van der Waals surface area contributed by atoms with E-state index in [4.69, 9.17) is 0 Å². The van der Waals surface area contributed by atoms with Crippen molar-refractivity contribution in [3.63, 3.8) is 0 Å². The Hall–Kier alpha value is -2.87. The van der Waals surface area contributed by atoms with E-state index in [-0.39, 0.29) is 5.91 Å². The first-order chi connectivity index (χ1) is 12.2. The Kier molecular flexibility index (Phi) is 5.63. The van der Waals surface area contributed by atoms with Gasteiger partial charge in [0.2, 0.25) is 5.91 Å². The molecule has 0 aliphatic carbocycles. The minimum atomic E-state index is 0.0650. The molecule has 1 atom stereocenters. The Bertz CT molecular complexity index is 795. The highest BCUT2D eigenvalue weighted by Gasteiger charge is 2.08. The first kappa shape index (κ1) is 17.0. The quantitative estimate of drug-likeness (QED) is 0.690. The van der Waals surface area contributed by atoms with E-state index in [1.165, 1.54) is 16.7 Å². The molecule has 3 aromatic carbocycles. The third-order valence-corrected chi connectivity index (χ3v) is 4.40. The van der Waals surface area contributed by atoms with Gasteiger partial charge in [0.15, 0.2) is 0 Å². The van der Waals surface area contributed by atoms with Gasteiger partial charge in [-0.3, -0.25) is 4.79 Å². The topological polar surface area (TPSA) is 29.1 Å². The summed E-state index contributed by atoms with van der Waals surface area (Å²) in [5.41, 5.74) is 4.64. The van der Waals surface area contributed by atoms with E-state index in [2.05, 4.69) is 48.6 Å². The highest BCUT2D eigenvalue weighted by molar-refractivity contribution is 5.79. The lowest BCUT2D eigenvalue weighted by Crippen LogP contribution is -2.28. The first-order valence-electron chi connectivity index (χ1n) is 8.68. The van der Waals surface area contributed by atoms with Crippen LogP contribution in [0.25, 0.3) is 11.1 Å². The van der Waals surface area contributed by atoms with Crippen LogP contribution < -0.4 is 5.32 Å². The van der Waals surface area contributed by atoms with Gasteiger partial charge in [0, 0.05) is 6.54 Å².